The minimum absolute atomic E-state index is 0.0640. The van der Waals surface area contributed by atoms with Crippen LogP contribution < -0.4 is 5.73 Å². The van der Waals surface area contributed by atoms with Gasteiger partial charge in [0, 0.05) is 3.57 Å². The monoisotopic (exact) mass is 289 g/mol. The zero-order chi connectivity index (χ0) is 9.68. The van der Waals surface area contributed by atoms with Crippen molar-refractivity contribution in [1.82, 2.24) is 0 Å². The second-order valence-electron chi connectivity index (χ2n) is 2.35. The van der Waals surface area contributed by atoms with Gasteiger partial charge in [0.05, 0.1) is 5.69 Å². The van der Waals surface area contributed by atoms with Gasteiger partial charge < -0.3 is 5.73 Å². The van der Waals surface area contributed by atoms with E-state index in [1.54, 1.807) is 0 Å². The zero-order valence-corrected chi connectivity index (χ0v) is 8.93. The number of halogens is 1. The van der Waals surface area contributed by atoms with Crippen molar-refractivity contribution in [3.05, 3.63) is 27.8 Å². The van der Waals surface area contributed by atoms with Gasteiger partial charge in [0.1, 0.15) is 6.54 Å². The molecule has 0 saturated heterocycles. The Morgan fingerprint density at radius 1 is 1.54 bits per heavy atom. The van der Waals surface area contributed by atoms with Crippen molar-refractivity contribution in [3.8, 4) is 0 Å². The van der Waals surface area contributed by atoms with Crippen LogP contribution in [0, 0.1) is 3.57 Å². The lowest BCUT2D eigenvalue weighted by atomic mass is 10.3. The number of rotatable bonds is 3. The van der Waals surface area contributed by atoms with Gasteiger partial charge in [-0.2, -0.15) is 10.2 Å². The van der Waals surface area contributed by atoms with Crippen LogP contribution in [-0.2, 0) is 4.79 Å². The Labute approximate surface area is 89.4 Å². The molecule has 1 aromatic carbocycles. The van der Waals surface area contributed by atoms with Crippen LogP contribution in [-0.4, -0.2) is 12.5 Å². The zero-order valence-electron chi connectivity index (χ0n) is 6.77. The van der Waals surface area contributed by atoms with E-state index in [2.05, 4.69) is 32.8 Å². The summed E-state index contributed by atoms with van der Waals surface area (Å²) < 4.78 is 1.08. The number of hydrogen-bond donors (Lipinski definition) is 1. The van der Waals surface area contributed by atoms with E-state index in [0.717, 1.165) is 9.26 Å². The second-order valence-corrected chi connectivity index (χ2v) is 3.59. The van der Waals surface area contributed by atoms with Crippen LogP contribution in [0.15, 0.2) is 34.5 Å². The maximum absolute atomic E-state index is 10.3. The Morgan fingerprint density at radius 3 is 2.92 bits per heavy atom. The minimum Gasteiger partial charge on any atom is -0.368 e. The Kier molecular flexibility index (Phi) is 3.81. The van der Waals surface area contributed by atoms with E-state index in [1.165, 1.54) is 0 Å². The summed E-state index contributed by atoms with van der Waals surface area (Å²) in [6, 6.07) is 7.51. The molecule has 0 aliphatic rings. The molecule has 0 radical (unpaired) electrons. The largest absolute Gasteiger partial charge is 0.368 e. The van der Waals surface area contributed by atoms with Gasteiger partial charge in [-0.3, -0.25) is 4.79 Å². The molecule has 0 bridgehead atoms. The molecule has 0 unspecified atom stereocenters. The molecule has 1 rings (SSSR count). The van der Waals surface area contributed by atoms with Gasteiger partial charge >= 0.3 is 0 Å². The molecule has 0 aliphatic heterocycles. The molecule has 0 fully saturated rings. The van der Waals surface area contributed by atoms with Gasteiger partial charge in [-0.15, -0.1) is 0 Å². The maximum atomic E-state index is 10.3. The summed E-state index contributed by atoms with van der Waals surface area (Å²) in [5, 5.41) is 7.46. The molecule has 0 heterocycles. The molecule has 0 atom stereocenters. The average Bonchev–Trinajstić information content (AvgIpc) is 2.03. The van der Waals surface area contributed by atoms with Crippen LogP contribution in [0.4, 0.5) is 5.69 Å². The van der Waals surface area contributed by atoms with Gasteiger partial charge in [0.25, 0.3) is 0 Å². The van der Waals surface area contributed by atoms with E-state index in [4.69, 9.17) is 5.73 Å². The predicted octanol–water partition coefficient (Wildman–Crippen LogP) is 1.86. The van der Waals surface area contributed by atoms with Crippen LogP contribution in [0.1, 0.15) is 0 Å². The summed E-state index contributed by atoms with van der Waals surface area (Å²) in [5.41, 5.74) is 5.62. The number of benzene rings is 1. The number of carbonyl (C=O) groups excluding carboxylic acids is 1. The highest BCUT2D eigenvalue weighted by Gasteiger charge is 1.91. The van der Waals surface area contributed by atoms with Crippen molar-refractivity contribution in [3.63, 3.8) is 0 Å². The third-order valence-corrected chi connectivity index (χ3v) is 1.89. The third kappa shape index (κ3) is 3.97. The highest BCUT2D eigenvalue weighted by atomic mass is 127. The first-order chi connectivity index (χ1) is 6.18. The van der Waals surface area contributed by atoms with Crippen molar-refractivity contribution >= 4 is 34.2 Å². The fourth-order valence-corrected chi connectivity index (χ4v) is 1.25. The number of amides is 1. The van der Waals surface area contributed by atoms with Crippen molar-refractivity contribution in [2.75, 3.05) is 6.54 Å². The highest BCUT2D eigenvalue weighted by Crippen LogP contribution is 2.15. The normalized spacial score (nSPS) is 10.5. The fourth-order valence-electron chi connectivity index (χ4n) is 0.725. The lowest BCUT2D eigenvalue weighted by Gasteiger charge is -1.92. The van der Waals surface area contributed by atoms with E-state index < -0.39 is 5.91 Å². The first-order valence-corrected chi connectivity index (χ1v) is 4.68. The van der Waals surface area contributed by atoms with E-state index in [1.807, 2.05) is 24.3 Å². The lowest BCUT2D eigenvalue weighted by Crippen LogP contribution is -2.13. The van der Waals surface area contributed by atoms with Crippen molar-refractivity contribution in [1.29, 1.82) is 0 Å². The molecule has 0 spiro atoms. The molecule has 2 N–H and O–H groups in total. The number of azo groups is 1. The van der Waals surface area contributed by atoms with Gasteiger partial charge in [-0.05, 0) is 40.8 Å². The molecule has 1 aromatic rings. The molecular formula is C8H8IN3O. The highest BCUT2D eigenvalue weighted by molar-refractivity contribution is 14.1. The molecule has 0 aromatic heterocycles. The molecule has 5 heteroatoms. The van der Waals surface area contributed by atoms with E-state index in [0.29, 0.717) is 0 Å². The SMILES string of the molecule is NC(=O)CN=Nc1cccc(I)c1. The summed E-state index contributed by atoms with van der Waals surface area (Å²) in [6.45, 7) is -0.0640. The lowest BCUT2D eigenvalue weighted by molar-refractivity contribution is -0.116. The Balaban J connectivity index is 2.63. The topological polar surface area (TPSA) is 67.8 Å². The van der Waals surface area contributed by atoms with Crippen LogP contribution in [0.25, 0.3) is 0 Å². The average molecular weight is 289 g/mol. The molecule has 68 valence electrons. The summed E-state index contributed by atoms with van der Waals surface area (Å²) in [4.78, 5) is 10.3. The van der Waals surface area contributed by atoms with E-state index >= 15 is 0 Å². The summed E-state index contributed by atoms with van der Waals surface area (Å²) in [7, 11) is 0. The molecule has 0 saturated carbocycles. The van der Waals surface area contributed by atoms with Gasteiger partial charge in [-0.1, -0.05) is 6.07 Å². The molecule has 1 amide bonds. The molecule has 4 nitrogen and oxygen atoms in total. The molecular weight excluding hydrogens is 281 g/mol. The Bertz CT molecular complexity index is 338. The minimum atomic E-state index is -0.477. The number of hydrogen-bond acceptors (Lipinski definition) is 3. The number of primary amides is 1. The van der Waals surface area contributed by atoms with Gasteiger partial charge in [0.15, 0.2) is 0 Å². The number of nitrogens with zero attached hydrogens (tertiary/aromatic N) is 2. The second kappa shape index (κ2) is 4.90. The number of carbonyl (C=O) groups is 1. The van der Waals surface area contributed by atoms with Crippen molar-refractivity contribution < 1.29 is 4.79 Å². The Morgan fingerprint density at radius 2 is 2.31 bits per heavy atom. The standard InChI is InChI=1S/C8H8IN3O/c9-6-2-1-3-7(4-6)12-11-5-8(10)13/h1-4H,5H2,(H2,10,13). The summed E-state index contributed by atoms with van der Waals surface area (Å²) in [6.07, 6.45) is 0. The molecule has 13 heavy (non-hydrogen) atoms. The predicted molar refractivity (Wildman–Crippen MR) is 57.7 cm³/mol. The first kappa shape index (κ1) is 10.1. The Hall–Kier alpha value is -0.980. The maximum Gasteiger partial charge on any atom is 0.241 e. The first-order valence-electron chi connectivity index (χ1n) is 3.60. The smallest absolute Gasteiger partial charge is 0.241 e. The summed E-state index contributed by atoms with van der Waals surface area (Å²) in [5.74, 6) is -0.477. The number of nitrogens with two attached hydrogens (primary N) is 1. The van der Waals surface area contributed by atoms with Crippen LogP contribution in [0.2, 0.25) is 0 Å². The van der Waals surface area contributed by atoms with Gasteiger partial charge in [0.2, 0.25) is 5.91 Å². The quantitative estimate of drug-likeness (QED) is 0.669. The van der Waals surface area contributed by atoms with Crippen molar-refractivity contribution in [2.24, 2.45) is 16.0 Å². The third-order valence-electron chi connectivity index (χ3n) is 1.22. The van der Waals surface area contributed by atoms with E-state index in [9.17, 15) is 4.79 Å². The molecule has 0 aliphatic carbocycles. The van der Waals surface area contributed by atoms with E-state index in [-0.39, 0.29) is 6.54 Å². The fraction of sp³-hybridized carbons (Fsp3) is 0.125. The summed E-state index contributed by atoms with van der Waals surface area (Å²) >= 11 is 2.18. The van der Waals surface area contributed by atoms with Crippen LogP contribution >= 0.6 is 22.6 Å². The van der Waals surface area contributed by atoms with Crippen LogP contribution in [0.3, 0.4) is 0 Å². The van der Waals surface area contributed by atoms with Crippen LogP contribution in [0.5, 0.6) is 0 Å². The van der Waals surface area contributed by atoms with Crippen molar-refractivity contribution in [2.45, 2.75) is 0 Å². The van der Waals surface area contributed by atoms with Gasteiger partial charge in [-0.25, -0.2) is 0 Å².